The number of carbonyl (C=O) groups excluding carboxylic acids is 2. The van der Waals surface area contributed by atoms with Gasteiger partial charge >= 0.3 is 0 Å². The lowest BCUT2D eigenvalue weighted by atomic mass is 10.1. The van der Waals surface area contributed by atoms with Gasteiger partial charge in [-0.25, -0.2) is 0 Å². The molecule has 1 fully saturated rings. The van der Waals surface area contributed by atoms with Crippen molar-refractivity contribution < 1.29 is 14.3 Å². The van der Waals surface area contributed by atoms with Crippen molar-refractivity contribution in [1.29, 1.82) is 0 Å². The van der Waals surface area contributed by atoms with Crippen LogP contribution >= 0.6 is 0 Å². The van der Waals surface area contributed by atoms with E-state index in [0.29, 0.717) is 25.4 Å². The van der Waals surface area contributed by atoms with Gasteiger partial charge in [-0.05, 0) is 31.6 Å². The Morgan fingerprint density at radius 2 is 2.04 bits per heavy atom. The van der Waals surface area contributed by atoms with E-state index in [0.717, 1.165) is 6.42 Å². The highest BCUT2D eigenvalue weighted by Gasteiger charge is 2.32. The second-order valence-corrected chi connectivity index (χ2v) is 5.66. The van der Waals surface area contributed by atoms with E-state index in [1.807, 2.05) is 37.3 Å². The van der Waals surface area contributed by atoms with Crippen molar-refractivity contribution in [2.24, 2.45) is 0 Å². The molecule has 5 nitrogen and oxygen atoms in total. The molecule has 2 atom stereocenters. The largest absolute Gasteiger partial charge is 0.481 e. The Balaban J connectivity index is 1.97. The molecule has 1 saturated heterocycles. The summed E-state index contributed by atoms with van der Waals surface area (Å²) in [6.07, 6.45) is 1.59. The molecule has 1 aromatic carbocycles. The molecule has 1 heterocycles. The van der Waals surface area contributed by atoms with Gasteiger partial charge in [-0.15, -0.1) is 0 Å². The monoisotopic (exact) mass is 316 g/mol. The zero-order valence-corrected chi connectivity index (χ0v) is 13.8. The summed E-state index contributed by atoms with van der Waals surface area (Å²) in [7, 11) is 0. The number of nitrogens with zero attached hydrogens (tertiary/aromatic N) is 2. The lowest BCUT2D eigenvalue weighted by Gasteiger charge is -2.41. The highest BCUT2D eigenvalue weighted by atomic mass is 16.5. The molecule has 0 spiro atoms. The lowest BCUT2D eigenvalue weighted by molar-refractivity contribution is -0.145. The first-order chi connectivity index (χ1) is 11.1. The topological polar surface area (TPSA) is 49.9 Å². The number of carbonyl (C=O) groups is 2. The molecule has 5 heteroatoms. The van der Waals surface area contributed by atoms with E-state index in [9.17, 15) is 9.59 Å². The number of hydrogen-bond donors (Lipinski definition) is 0. The van der Waals surface area contributed by atoms with Crippen molar-refractivity contribution in [3.05, 3.63) is 43.0 Å². The Morgan fingerprint density at radius 1 is 1.35 bits per heavy atom. The number of ether oxygens (including phenoxy) is 1. The number of rotatable bonds is 5. The van der Waals surface area contributed by atoms with Crippen molar-refractivity contribution in [3.63, 3.8) is 0 Å². The third kappa shape index (κ3) is 4.12. The fourth-order valence-electron chi connectivity index (χ4n) is 2.82. The normalized spacial score (nSPS) is 19.1. The van der Waals surface area contributed by atoms with Crippen LogP contribution < -0.4 is 4.74 Å². The molecule has 2 amide bonds. The number of hydrogen-bond acceptors (Lipinski definition) is 3. The van der Waals surface area contributed by atoms with Gasteiger partial charge in [0.1, 0.15) is 5.75 Å². The van der Waals surface area contributed by atoms with Gasteiger partial charge in [0.15, 0.2) is 6.10 Å². The summed E-state index contributed by atoms with van der Waals surface area (Å²) in [5.41, 5.74) is 0. The van der Waals surface area contributed by atoms with E-state index >= 15 is 0 Å². The zero-order valence-electron chi connectivity index (χ0n) is 13.8. The Morgan fingerprint density at radius 3 is 2.65 bits per heavy atom. The molecule has 124 valence electrons. The maximum Gasteiger partial charge on any atom is 0.263 e. The summed E-state index contributed by atoms with van der Waals surface area (Å²) >= 11 is 0. The maximum atomic E-state index is 12.6. The van der Waals surface area contributed by atoms with E-state index in [-0.39, 0.29) is 17.9 Å². The molecular weight excluding hydrogens is 292 g/mol. The van der Waals surface area contributed by atoms with Gasteiger partial charge in [0, 0.05) is 25.7 Å². The fourth-order valence-corrected chi connectivity index (χ4v) is 2.82. The average Bonchev–Trinajstić information content (AvgIpc) is 2.60. The molecule has 0 radical (unpaired) electrons. The third-order valence-electron chi connectivity index (χ3n) is 4.13. The molecule has 23 heavy (non-hydrogen) atoms. The van der Waals surface area contributed by atoms with Crippen molar-refractivity contribution in [2.45, 2.75) is 32.4 Å². The van der Waals surface area contributed by atoms with Gasteiger partial charge in [-0.1, -0.05) is 31.7 Å². The summed E-state index contributed by atoms with van der Waals surface area (Å²) in [6, 6.07) is 9.35. The zero-order chi connectivity index (χ0) is 16.8. The molecule has 0 bridgehead atoms. The predicted molar refractivity (Wildman–Crippen MR) is 89.1 cm³/mol. The standard InChI is InChI=1S/C18H24N2O3/c1-4-15-13-19(11-12-20(15)17(21)5-2)18(22)14(3)23-16-9-7-6-8-10-16/h5-10,14-15H,2,4,11-13H2,1,3H3/t14?,15-/m1/s1. The summed E-state index contributed by atoms with van der Waals surface area (Å²) in [5, 5.41) is 0. The summed E-state index contributed by atoms with van der Waals surface area (Å²) in [4.78, 5) is 28.0. The molecule has 0 aliphatic carbocycles. The third-order valence-corrected chi connectivity index (χ3v) is 4.13. The summed E-state index contributed by atoms with van der Waals surface area (Å²) in [6.45, 7) is 8.92. The van der Waals surface area contributed by atoms with Crippen LogP contribution in [0.15, 0.2) is 43.0 Å². The average molecular weight is 316 g/mol. The van der Waals surface area contributed by atoms with Crippen molar-refractivity contribution in [3.8, 4) is 5.75 Å². The maximum absolute atomic E-state index is 12.6. The van der Waals surface area contributed by atoms with E-state index < -0.39 is 6.10 Å². The van der Waals surface area contributed by atoms with Crippen LogP contribution in [0, 0.1) is 0 Å². The van der Waals surface area contributed by atoms with Crippen molar-refractivity contribution >= 4 is 11.8 Å². The minimum Gasteiger partial charge on any atom is -0.481 e. The second kappa shape index (κ2) is 7.81. The van der Waals surface area contributed by atoms with E-state index in [1.165, 1.54) is 6.08 Å². The van der Waals surface area contributed by atoms with Crippen LogP contribution in [0.3, 0.4) is 0 Å². The van der Waals surface area contributed by atoms with Crippen LogP contribution in [0.5, 0.6) is 5.75 Å². The molecule has 0 saturated carbocycles. The molecule has 2 rings (SSSR count). The molecule has 1 aromatic rings. The van der Waals surface area contributed by atoms with Crippen LogP contribution in [0.2, 0.25) is 0 Å². The highest BCUT2D eigenvalue weighted by Crippen LogP contribution is 2.17. The fraction of sp³-hybridized carbons (Fsp3) is 0.444. The van der Waals surface area contributed by atoms with Crippen LogP contribution in [-0.2, 0) is 9.59 Å². The van der Waals surface area contributed by atoms with Crippen LogP contribution in [-0.4, -0.2) is 53.4 Å². The quantitative estimate of drug-likeness (QED) is 0.782. The Labute approximate surface area is 137 Å². The van der Waals surface area contributed by atoms with Gasteiger partial charge in [-0.2, -0.15) is 0 Å². The Hall–Kier alpha value is -2.30. The summed E-state index contributed by atoms with van der Waals surface area (Å²) < 4.78 is 5.71. The number of benzene rings is 1. The smallest absolute Gasteiger partial charge is 0.263 e. The van der Waals surface area contributed by atoms with Crippen LogP contribution in [0.4, 0.5) is 0 Å². The molecular formula is C18H24N2O3. The number of amides is 2. The lowest BCUT2D eigenvalue weighted by Crippen LogP contribution is -2.57. The van der Waals surface area contributed by atoms with Gasteiger partial charge in [0.05, 0.1) is 0 Å². The minimum absolute atomic E-state index is 0.0297. The SMILES string of the molecule is C=CC(=O)N1CCN(C(=O)C(C)Oc2ccccc2)C[C@H]1CC. The predicted octanol–water partition coefficient (Wildman–Crippen LogP) is 2.09. The van der Waals surface area contributed by atoms with E-state index in [1.54, 1.807) is 16.7 Å². The van der Waals surface area contributed by atoms with Gasteiger partial charge < -0.3 is 14.5 Å². The first kappa shape index (κ1) is 17.1. The van der Waals surface area contributed by atoms with Gasteiger partial charge in [0.2, 0.25) is 5.91 Å². The van der Waals surface area contributed by atoms with Gasteiger partial charge in [0.25, 0.3) is 5.91 Å². The second-order valence-electron chi connectivity index (χ2n) is 5.66. The molecule has 0 aromatic heterocycles. The minimum atomic E-state index is -0.545. The number of piperazine rings is 1. The first-order valence-corrected chi connectivity index (χ1v) is 8.00. The van der Waals surface area contributed by atoms with Gasteiger partial charge in [-0.3, -0.25) is 9.59 Å². The van der Waals surface area contributed by atoms with Crippen LogP contribution in [0.1, 0.15) is 20.3 Å². The molecule has 1 aliphatic heterocycles. The van der Waals surface area contributed by atoms with E-state index in [2.05, 4.69) is 6.58 Å². The van der Waals surface area contributed by atoms with Crippen molar-refractivity contribution in [1.82, 2.24) is 9.80 Å². The Kier molecular flexibility index (Phi) is 5.79. The molecule has 0 N–H and O–H groups in total. The molecule has 1 aliphatic rings. The summed E-state index contributed by atoms with van der Waals surface area (Å²) in [5.74, 6) is 0.566. The Bertz CT molecular complexity index is 559. The number of para-hydroxylation sites is 1. The molecule has 1 unspecified atom stereocenters. The van der Waals surface area contributed by atoms with Crippen molar-refractivity contribution in [2.75, 3.05) is 19.6 Å². The highest BCUT2D eigenvalue weighted by molar-refractivity contribution is 5.88. The van der Waals surface area contributed by atoms with Crippen LogP contribution in [0.25, 0.3) is 0 Å². The van der Waals surface area contributed by atoms with E-state index in [4.69, 9.17) is 4.74 Å². The first-order valence-electron chi connectivity index (χ1n) is 8.00.